The predicted octanol–water partition coefficient (Wildman–Crippen LogP) is 5.32. The molecular weight excluding hydrogens is 285 g/mol. The SMILES string of the molecule is Cc1cc(C#N)ccc1Sc1cc(Cl)cc(Cl)c1. The fourth-order valence-corrected chi connectivity index (χ4v) is 3.19. The van der Waals surface area contributed by atoms with E-state index in [0.29, 0.717) is 15.6 Å². The monoisotopic (exact) mass is 293 g/mol. The van der Waals surface area contributed by atoms with Crippen molar-refractivity contribution in [3.63, 3.8) is 0 Å². The fraction of sp³-hybridized carbons (Fsp3) is 0.0714. The summed E-state index contributed by atoms with van der Waals surface area (Å²) in [5.74, 6) is 0. The van der Waals surface area contributed by atoms with Gasteiger partial charge in [0.05, 0.1) is 11.6 Å². The fourth-order valence-electron chi connectivity index (χ4n) is 1.55. The molecule has 2 aromatic rings. The molecule has 0 atom stereocenters. The minimum absolute atomic E-state index is 0.622. The van der Waals surface area contributed by atoms with Crippen LogP contribution >= 0.6 is 35.0 Å². The summed E-state index contributed by atoms with van der Waals surface area (Å²) in [5.41, 5.74) is 1.73. The molecule has 0 saturated carbocycles. The van der Waals surface area contributed by atoms with Gasteiger partial charge in [0, 0.05) is 19.8 Å². The smallest absolute Gasteiger partial charge is 0.0991 e. The van der Waals surface area contributed by atoms with Crippen LogP contribution in [0.2, 0.25) is 10.0 Å². The number of hydrogen-bond donors (Lipinski definition) is 0. The van der Waals surface area contributed by atoms with Crippen LogP contribution in [-0.2, 0) is 0 Å². The Bertz CT molecular complexity index is 612. The average molecular weight is 294 g/mol. The molecule has 0 radical (unpaired) electrons. The number of halogens is 2. The van der Waals surface area contributed by atoms with E-state index in [0.717, 1.165) is 15.4 Å². The van der Waals surface area contributed by atoms with Crippen molar-refractivity contribution < 1.29 is 0 Å². The molecule has 0 spiro atoms. The Balaban J connectivity index is 2.31. The van der Waals surface area contributed by atoms with Gasteiger partial charge in [0.15, 0.2) is 0 Å². The van der Waals surface area contributed by atoms with Crippen molar-refractivity contribution in [2.75, 3.05) is 0 Å². The van der Waals surface area contributed by atoms with Crippen LogP contribution in [0.15, 0.2) is 46.2 Å². The third-order valence-electron chi connectivity index (χ3n) is 2.37. The average Bonchev–Trinajstić information content (AvgIpc) is 2.30. The number of benzene rings is 2. The molecule has 0 N–H and O–H groups in total. The molecule has 2 aromatic carbocycles. The van der Waals surface area contributed by atoms with Gasteiger partial charge in [0.25, 0.3) is 0 Å². The highest BCUT2D eigenvalue weighted by Gasteiger charge is 2.04. The molecule has 1 nitrogen and oxygen atoms in total. The zero-order valence-corrected chi connectivity index (χ0v) is 11.9. The summed E-state index contributed by atoms with van der Waals surface area (Å²) in [6, 6.07) is 13.2. The van der Waals surface area contributed by atoms with Crippen LogP contribution < -0.4 is 0 Å². The van der Waals surface area contributed by atoms with Crippen LogP contribution in [0.5, 0.6) is 0 Å². The molecule has 2 rings (SSSR count). The van der Waals surface area contributed by atoms with Gasteiger partial charge >= 0.3 is 0 Å². The van der Waals surface area contributed by atoms with Gasteiger partial charge in [-0.05, 0) is 48.9 Å². The summed E-state index contributed by atoms with van der Waals surface area (Å²) in [7, 11) is 0. The first kappa shape index (κ1) is 13.3. The molecule has 18 heavy (non-hydrogen) atoms. The van der Waals surface area contributed by atoms with Crippen LogP contribution in [0.1, 0.15) is 11.1 Å². The van der Waals surface area contributed by atoms with Crippen molar-refractivity contribution in [1.82, 2.24) is 0 Å². The quantitative estimate of drug-likeness (QED) is 0.748. The second-order valence-corrected chi connectivity index (χ2v) is 5.79. The first-order valence-electron chi connectivity index (χ1n) is 5.23. The molecule has 0 bridgehead atoms. The molecule has 0 aromatic heterocycles. The molecular formula is C14H9Cl2NS. The van der Waals surface area contributed by atoms with E-state index in [4.69, 9.17) is 28.5 Å². The summed E-state index contributed by atoms with van der Waals surface area (Å²) < 4.78 is 0. The number of nitriles is 1. The molecule has 4 heteroatoms. The zero-order valence-electron chi connectivity index (χ0n) is 9.58. The molecule has 0 aliphatic rings. The molecule has 90 valence electrons. The second-order valence-electron chi connectivity index (χ2n) is 3.80. The summed E-state index contributed by atoms with van der Waals surface area (Å²) in [4.78, 5) is 2.08. The van der Waals surface area contributed by atoms with Gasteiger partial charge < -0.3 is 0 Å². The number of rotatable bonds is 2. The van der Waals surface area contributed by atoms with Gasteiger partial charge in [0.2, 0.25) is 0 Å². The summed E-state index contributed by atoms with van der Waals surface area (Å²) in [6.07, 6.45) is 0. The Morgan fingerprint density at radius 2 is 1.72 bits per heavy atom. The van der Waals surface area contributed by atoms with E-state index in [1.54, 1.807) is 17.8 Å². The molecule has 0 unspecified atom stereocenters. The van der Waals surface area contributed by atoms with Gasteiger partial charge in [-0.2, -0.15) is 5.26 Å². The lowest BCUT2D eigenvalue weighted by atomic mass is 10.2. The van der Waals surface area contributed by atoms with Crippen molar-refractivity contribution in [3.05, 3.63) is 57.6 Å². The van der Waals surface area contributed by atoms with Crippen LogP contribution in [0.25, 0.3) is 0 Å². The van der Waals surface area contributed by atoms with Crippen molar-refractivity contribution in [3.8, 4) is 6.07 Å². The van der Waals surface area contributed by atoms with Gasteiger partial charge in [0.1, 0.15) is 0 Å². The minimum Gasteiger partial charge on any atom is -0.192 e. The van der Waals surface area contributed by atoms with Crippen LogP contribution in [0, 0.1) is 18.3 Å². The Morgan fingerprint density at radius 3 is 2.28 bits per heavy atom. The summed E-state index contributed by atoms with van der Waals surface area (Å²) >= 11 is 13.5. The number of hydrogen-bond acceptors (Lipinski definition) is 2. The highest BCUT2D eigenvalue weighted by Crippen LogP contribution is 2.33. The van der Waals surface area contributed by atoms with E-state index in [9.17, 15) is 0 Å². The normalized spacial score (nSPS) is 10.1. The molecule has 0 saturated heterocycles. The first-order valence-corrected chi connectivity index (χ1v) is 6.80. The maximum Gasteiger partial charge on any atom is 0.0991 e. The van der Waals surface area contributed by atoms with E-state index in [1.165, 1.54) is 0 Å². The molecule has 0 aliphatic heterocycles. The predicted molar refractivity (Wildman–Crippen MR) is 76.5 cm³/mol. The minimum atomic E-state index is 0.622. The topological polar surface area (TPSA) is 23.8 Å². The Kier molecular flexibility index (Phi) is 4.19. The van der Waals surface area contributed by atoms with E-state index in [-0.39, 0.29) is 0 Å². The van der Waals surface area contributed by atoms with E-state index in [2.05, 4.69) is 6.07 Å². The lowest BCUT2D eigenvalue weighted by Gasteiger charge is -2.06. The van der Waals surface area contributed by atoms with E-state index in [1.807, 2.05) is 37.3 Å². The number of nitrogens with zero attached hydrogens (tertiary/aromatic N) is 1. The molecule has 0 heterocycles. The first-order chi connectivity index (χ1) is 8.58. The lowest BCUT2D eigenvalue weighted by Crippen LogP contribution is -1.83. The largest absolute Gasteiger partial charge is 0.192 e. The lowest BCUT2D eigenvalue weighted by molar-refractivity contribution is 1.28. The summed E-state index contributed by atoms with van der Waals surface area (Å²) in [5, 5.41) is 10.1. The van der Waals surface area contributed by atoms with Crippen LogP contribution in [0.3, 0.4) is 0 Å². The molecule has 0 fully saturated rings. The van der Waals surface area contributed by atoms with Crippen molar-refractivity contribution >= 4 is 35.0 Å². The second kappa shape index (κ2) is 5.67. The van der Waals surface area contributed by atoms with Crippen LogP contribution in [0.4, 0.5) is 0 Å². The molecule has 0 amide bonds. The maximum atomic E-state index is 8.82. The van der Waals surface area contributed by atoms with E-state index >= 15 is 0 Å². The Labute approximate surface area is 120 Å². The van der Waals surface area contributed by atoms with Gasteiger partial charge in [-0.15, -0.1) is 0 Å². The zero-order chi connectivity index (χ0) is 13.1. The third kappa shape index (κ3) is 3.20. The number of aryl methyl sites for hydroxylation is 1. The van der Waals surface area contributed by atoms with Crippen molar-refractivity contribution in [2.45, 2.75) is 16.7 Å². The highest BCUT2D eigenvalue weighted by molar-refractivity contribution is 7.99. The van der Waals surface area contributed by atoms with Crippen LogP contribution in [-0.4, -0.2) is 0 Å². The van der Waals surface area contributed by atoms with Gasteiger partial charge in [-0.3, -0.25) is 0 Å². The highest BCUT2D eigenvalue weighted by atomic mass is 35.5. The van der Waals surface area contributed by atoms with Crippen molar-refractivity contribution in [1.29, 1.82) is 5.26 Å². The van der Waals surface area contributed by atoms with E-state index < -0.39 is 0 Å². The molecule has 0 aliphatic carbocycles. The maximum absolute atomic E-state index is 8.82. The standard InChI is InChI=1S/C14H9Cl2NS/c1-9-4-10(8-17)2-3-14(9)18-13-6-11(15)5-12(16)7-13/h2-7H,1H3. The van der Waals surface area contributed by atoms with Crippen molar-refractivity contribution in [2.24, 2.45) is 0 Å². The third-order valence-corrected chi connectivity index (χ3v) is 3.95. The summed E-state index contributed by atoms with van der Waals surface area (Å²) in [6.45, 7) is 1.98. The van der Waals surface area contributed by atoms with Gasteiger partial charge in [-0.1, -0.05) is 35.0 Å². The van der Waals surface area contributed by atoms with Gasteiger partial charge in [-0.25, -0.2) is 0 Å². The Hall–Kier alpha value is -1.14. The Morgan fingerprint density at radius 1 is 1.06 bits per heavy atom.